The molecule has 0 radical (unpaired) electrons. The number of nitrogens with zero attached hydrogens (tertiary/aromatic N) is 2. The van der Waals surface area contributed by atoms with Crippen molar-refractivity contribution in [3.05, 3.63) is 0 Å². The van der Waals surface area contributed by atoms with Gasteiger partial charge in [0, 0.05) is 32.1 Å². The summed E-state index contributed by atoms with van der Waals surface area (Å²) in [5.74, 6) is 0.220. The number of amides is 1. The molecule has 0 N–H and O–H groups in total. The van der Waals surface area contributed by atoms with E-state index in [0.717, 1.165) is 26.1 Å². The van der Waals surface area contributed by atoms with Crippen LogP contribution in [-0.4, -0.2) is 47.4 Å². The Labute approximate surface area is 93.4 Å². The van der Waals surface area contributed by atoms with E-state index in [9.17, 15) is 4.79 Å². The first-order valence-corrected chi connectivity index (χ1v) is 6.07. The molecule has 0 aromatic heterocycles. The summed E-state index contributed by atoms with van der Waals surface area (Å²) in [6, 6.07) is 1.16. The first-order chi connectivity index (χ1) is 7.06. The fourth-order valence-corrected chi connectivity index (χ4v) is 2.42. The molecule has 1 atom stereocenters. The molecule has 0 spiro atoms. The minimum absolute atomic E-state index is 0.220. The molecule has 1 fully saturated rings. The van der Waals surface area contributed by atoms with Gasteiger partial charge >= 0.3 is 0 Å². The first kappa shape index (κ1) is 12.5. The molecule has 1 aliphatic rings. The van der Waals surface area contributed by atoms with Gasteiger partial charge in [-0.05, 0) is 33.2 Å². The van der Waals surface area contributed by atoms with Gasteiger partial charge in [-0.25, -0.2) is 0 Å². The van der Waals surface area contributed by atoms with Crippen molar-refractivity contribution in [2.75, 3.05) is 19.6 Å². The molecular formula is C12H24N2O. The second kappa shape index (κ2) is 5.50. The van der Waals surface area contributed by atoms with Crippen LogP contribution >= 0.6 is 0 Å². The number of carbonyl (C=O) groups excluding carboxylic acids is 1. The van der Waals surface area contributed by atoms with Crippen LogP contribution < -0.4 is 0 Å². The van der Waals surface area contributed by atoms with E-state index in [1.165, 1.54) is 6.42 Å². The van der Waals surface area contributed by atoms with Crippen molar-refractivity contribution in [3.63, 3.8) is 0 Å². The lowest BCUT2D eigenvalue weighted by Gasteiger charge is -2.32. The summed E-state index contributed by atoms with van der Waals surface area (Å²) in [4.78, 5) is 15.7. The van der Waals surface area contributed by atoms with Crippen molar-refractivity contribution >= 4 is 5.91 Å². The molecular weight excluding hydrogens is 188 g/mol. The fraction of sp³-hybridized carbons (Fsp3) is 0.917. The summed E-state index contributed by atoms with van der Waals surface area (Å²) in [7, 11) is 0. The third-order valence-corrected chi connectivity index (χ3v) is 3.22. The Morgan fingerprint density at radius 3 is 2.60 bits per heavy atom. The smallest absolute Gasteiger partial charge is 0.219 e. The lowest BCUT2D eigenvalue weighted by molar-refractivity contribution is -0.128. The average molecular weight is 212 g/mol. The van der Waals surface area contributed by atoms with E-state index in [2.05, 4.69) is 25.7 Å². The van der Waals surface area contributed by atoms with E-state index in [-0.39, 0.29) is 5.91 Å². The maximum absolute atomic E-state index is 11.2. The Hall–Kier alpha value is -0.570. The zero-order valence-corrected chi connectivity index (χ0v) is 10.5. The minimum Gasteiger partial charge on any atom is -0.341 e. The summed E-state index contributed by atoms with van der Waals surface area (Å²) in [5.41, 5.74) is 0. The molecule has 1 rings (SSSR count). The standard InChI is InChI=1S/C12H24N2O/c1-5-7-14(10(2)3)12-6-8-13(9-12)11(4)15/h10,12H,5-9H2,1-4H3. The molecule has 3 nitrogen and oxygen atoms in total. The molecule has 0 aromatic carbocycles. The van der Waals surface area contributed by atoms with Crippen molar-refractivity contribution in [2.45, 2.75) is 52.6 Å². The fourth-order valence-electron chi connectivity index (χ4n) is 2.42. The summed E-state index contributed by atoms with van der Waals surface area (Å²) >= 11 is 0. The number of hydrogen-bond donors (Lipinski definition) is 0. The predicted molar refractivity (Wildman–Crippen MR) is 62.8 cm³/mol. The molecule has 0 bridgehead atoms. The topological polar surface area (TPSA) is 23.6 Å². The molecule has 1 heterocycles. The maximum Gasteiger partial charge on any atom is 0.219 e. The van der Waals surface area contributed by atoms with Crippen molar-refractivity contribution in [1.82, 2.24) is 9.80 Å². The summed E-state index contributed by atoms with van der Waals surface area (Å²) in [5, 5.41) is 0. The largest absolute Gasteiger partial charge is 0.341 e. The Kier molecular flexibility index (Phi) is 4.58. The highest BCUT2D eigenvalue weighted by molar-refractivity contribution is 5.73. The van der Waals surface area contributed by atoms with Gasteiger partial charge in [-0.2, -0.15) is 0 Å². The second-order valence-corrected chi connectivity index (χ2v) is 4.74. The van der Waals surface area contributed by atoms with Gasteiger partial charge in [-0.1, -0.05) is 6.92 Å². The van der Waals surface area contributed by atoms with Crippen LogP contribution in [0.3, 0.4) is 0 Å². The molecule has 1 unspecified atom stereocenters. The van der Waals surface area contributed by atoms with E-state index >= 15 is 0 Å². The van der Waals surface area contributed by atoms with Crippen molar-refractivity contribution in [3.8, 4) is 0 Å². The van der Waals surface area contributed by atoms with Crippen molar-refractivity contribution in [1.29, 1.82) is 0 Å². The van der Waals surface area contributed by atoms with Gasteiger partial charge < -0.3 is 4.90 Å². The number of rotatable bonds is 4. The molecule has 1 aliphatic heterocycles. The van der Waals surface area contributed by atoms with Crippen LogP contribution in [0.25, 0.3) is 0 Å². The van der Waals surface area contributed by atoms with Crippen LogP contribution in [0, 0.1) is 0 Å². The van der Waals surface area contributed by atoms with Gasteiger partial charge in [0.05, 0.1) is 0 Å². The minimum atomic E-state index is 0.220. The lowest BCUT2D eigenvalue weighted by atomic mass is 10.1. The quantitative estimate of drug-likeness (QED) is 0.708. The Bertz CT molecular complexity index is 216. The zero-order valence-electron chi connectivity index (χ0n) is 10.5. The maximum atomic E-state index is 11.2. The second-order valence-electron chi connectivity index (χ2n) is 4.74. The first-order valence-electron chi connectivity index (χ1n) is 6.07. The van der Waals surface area contributed by atoms with Gasteiger partial charge in [0.1, 0.15) is 0 Å². The Balaban J connectivity index is 2.52. The molecule has 88 valence electrons. The normalized spacial score (nSPS) is 21.7. The van der Waals surface area contributed by atoms with Crippen LogP contribution in [0.2, 0.25) is 0 Å². The van der Waals surface area contributed by atoms with Crippen LogP contribution in [-0.2, 0) is 4.79 Å². The van der Waals surface area contributed by atoms with Gasteiger partial charge in [-0.3, -0.25) is 9.69 Å². The predicted octanol–water partition coefficient (Wildman–Crippen LogP) is 1.73. The van der Waals surface area contributed by atoms with E-state index in [1.54, 1.807) is 6.92 Å². The van der Waals surface area contributed by atoms with Gasteiger partial charge in [0.25, 0.3) is 0 Å². The molecule has 0 aliphatic carbocycles. The Morgan fingerprint density at radius 1 is 1.53 bits per heavy atom. The van der Waals surface area contributed by atoms with Gasteiger partial charge in [0.2, 0.25) is 5.91 Å². The van der Waals surface area contributed by atoms with Gasteiger partial charge in [0.15, 0.2) is 0 Å². The summed E-state index contributed by atoms with van der Waals surface area (Å²) < 4.78 is 0. The molecule has 1 amide bonds. The van der Waals surface area contributed by atoms with E-state index in [4.69, 9.17) is 0 Å². The van der Waals surface area contributed by atoms with Crippen molar-refractivity contribution < 1.29 is 4.79 Å². The van der Waals surface area contributed by atoms with Crippen LogP contribution in [0.1, 0.15) is 40.5 Å². The highest BCUT2D eigenvalue weighted by Crippen LogP contribution is 2.18. The van der Waals surface area contributed by atoms with Crippen molar-refractivity contribution in [2.24, 2.45) is 0 Å². The number of hydrogen-bond acceptors (Lipinski definition) is 2. The number of likely N-dealkylation sites (tertiary alicyclic amines) is 1. The monoisotopic (exact) mass is 212 g/mol. The SMILES string of the molecule is CCCN(C(C)C)C1CCN(C(C)=O)C1. The third kappa shape index (κ3) is 3.20. The third-order valence-electron chi connectivity index (χ3n) is 3.22. The Morgan fingerprint density at radius 2 is 2.20 bits per heavy atom. The van der Waals surface area contributed by atoms with Crippen LogP contribution in [0.5, 0.6) is 0 Å². The highest BCUT2D eigenvalue weighted by Gasteiger charge is 2.29. The lowest BCUT2D eigenvalue weighted by Crippen LogP contribution is -2.43. The molecule has 0 aromatic rings. The average Bonchev–Trinajstić information content (AvgIpc) is 2.62. The molecule has 0 saturated carbocycles. The van der Waals surface area contributed by atoms with Crippen LogP contribution in [0.4, 0.5) is 0 Å². The summed E-state index contributed by atoms with van der Waals surface area (Å²) in [6.45, 7) is 11.4. The van der Waals surface area contributed by atoms with Crippen LogP contribution in [0.15, 0.2) is 0 Å². The molecule has 15 heavy (non-hydrogen) atoms. The van der Waals surface area contributed by atoms with E-state index < -0.39 is 0 Å². The van der Waals surface area contributed by atoms with E-state index in [1.807, 2.05) is 4.90 Å². The number of carbonyl (C=O) groups is 1. The molecule has 3 heteroatoms. The highest BCUT2D eigenvalue weighted by atomic mass is 16.2. The zero-order chi connectivity index (χ0) is 11.4. The van der Waals surface area contributed by atoms with Gasteiger partial charge in [-0.15, -0.1) is 0 Å². The molecule has 1 saturated heterocycles. The van der Waals surface area contributed by atoms with E-state index in [0.29, 0.717) is 12.1 Å². The summed E-state index contributed by atoms with van der Waals surface area (Å²) in [6.07, 6.45) is 2.33.